The molecule has 0 aromatic carbocycles. The normalized spacial score (nSPS) is 14.4. The summed E-state index contributed by atoms with van der Waals surface area (Å²) in [5.41, 5.74) is 6.01. The summed E-state index contributed by atoms with van der Waals surface area (Å²) in [6.45, 7) is 14.4. The molecule has 2 heteroatoms. The van der Waals surface area contributed by atoms with Crippen molar-refractivity contribution < 1.29 is 0 Å². The fourth-order valence-electron chi connectivity index (χ4n) is 2.84. The Kier molecular flexibility index (Phi) is 32.6. The fourth-order valence-corrected chi connectivity index (χ4v) is 2.84. The first-order valence-electron chi connectivity index (χ1n) is 10.8. The quantitative estimate of drug-likeness (QED) is 0.249. The Hall–Kier alpha value is -1.57. The second-order valence-corrected chi connectivity index (χ2v) is 6.87. The first kappa shape index (κ1) is 30.2. The minimum Gasteiger partial charge on any atom is -0.405 e. The largest absolute Gasteiger partial charge is 0.405 e. The van der Waals surface area contributed by atoms with Crippen molar-refractivity contribution in [2.75, 3.05) is 0 Å². The summed E-state index contributed by atoms with van der Waals surface area (Å²) < 4.78 is 0. The lowest BCUT2D eigenvalue weighted by Crippen LogP contribution is -2.04. The van der Waals surface area contributed by atoms with Crippen LogP contribution >= 0.6 is 0 Å². The molecule has 1 aliphatic carbocycles. The first-order valence-corrected chi connectivity index (χ1v) is 10.8. The molecular weight excluding hydrogens is 328 g/mol. The monoisotopic (exact) mass is 376 g/mol. The highest BCUT2D eigenvalue weighted by molar-refractivity contribution is 5.19. The van der Waals surface area contributed by atoms with Gasteiger partial charge in [-0.15, -0.1) is 0 Å². The van der Waals surface area contributed by atoms with Gasteiger partial charge in [-0.05, 0) is 39.1 Å². The van der Waals surface area contributed by atoms with Crippen molar-refractivity contribution in [1.29, 1.82) is 5.41 Å². The van der Waals surface area contributed by atoms with Crippen LogP contribution in [-0.2, 0) is 0 Å². The number of allylic oxidation sites excluding steroid dienone is 6. The van der Waals surface area contributed by atoms with Crippen LogP contribution in [0, 0.1) is 11.3 Å². The Morgan fingerprint density at radius 3 is 1.96 bits per heavy atom. The molecular formula is C25H48N2. The van der Waals surface area contributed by atoms with Gasteiger partial charge in [0.25, 0.3) is 0 Å². The van der Waals surface area contributed by atoms with Crippen LogP contribution in [-0.4, -0.2) is 6.72 Å². The summed E-state index contributed by atoms with van der Waals surface area (Å²) in [5.74, 6) is 0.962. The molecule has 1 aliphatic rings. The summed E-state index contributed by atoms with van der Waals surface area (Å²) in [5, 5.41) is 5.50. The van der Waals surface area contributed by atoms with Crippen LogP contribution in [0.1, 0.15) is 98.3 Å². The summed E-state index contributed by atoms with van der Waals surface area (Å²) >= 11 is 0. The predicted molar refractivity (Wildman–Crippen MR) is 128 cm³/mol. The first-order chi connectivity index (χ1) is 13.2. The van der Waals surface area contributed by atoms with Crippen molar-refractivity contribution in [3.63, 3.8) is 0 Å². The molecule has 3 N–H and O–H groups in total. The minimum absolute atomic E-state index is 0.962. The van der Waals surface area contributed by atoms with Crippen molar-refractivity contribution in [2.24, 2.45) is 11.7 Å². The lowest BCUT2D eigenvalue weighted by molar-refractivity contribution is 0.361. The van der Waals surface area contributed by atoms with Crippen molar-refractivity contribution >= 4 is 6.72 Å². The fraction of sp³-hybridized carbons (Fsp3) is 0.640. The van der Waals surface area contributed by atoms with Gasteiger partial charge in [-0.25, -0.2) is 0 Å². The Bertz CT molecular complexity index is 357. The van der Waals surface area contributed by atoms with E-state index in [9.17, 15) is 0 Å². The zero-order chi connectivity index (χ0) is 21.2. The summed E-state index contributed by atoms with van der Waals surface area (Å²) in [7, 11) is 0. The van der Waals surface area contributed by atoms with Gasteiger partial charge >= 0.3 is 0 Å². The third-order valence-corrected chi connectivity index (χ3v) is 4.37. The number of rotatable bonds is 8. The Morgan fingerprint density at radius 2 is 1.52 bits per heavy atom. The molecule has 0 radical (unpaired) electrons. The lowest BCUT2D eigenvalue weighted by atomic mass is 9.86. The van der Waals surface area contributed by atoms with Gasteiger partial charge in [0.2, 0.25) is 0 Å². The van der Waals surface area contributed by atoms with Crippen LogP contribution in [0.3, 0.4) is 0 Å². The molecule has 2 nitrogen and oxygen atoms in total. The van der Waals surface area contributed by atoms with Gasteiger partial charge < -0.3 is 11.1 Å². The molecule has 1 saturated carbocycles. The molecule has 27 heavy (non-hydrogen) atoms. The average Bonchev–Trinajstić information content (AvgIpc) is 2.70. The zero-order valence-electron chi connectivity index (χ0n) is 18.8. The molecule has 0 saturated heterocycles. The number of unbranched alkanes of at least 4 members (excludes halogenated alkanes) is 4. The highest BCUT2D eigenvalue weighted by Crippen LogP contribution is 2.26. The van der Waals surface area contributed by atoms with E-state index in [1.807, 2.05) is 6.92 Å². The minimum atomic E-state index is 0.962. The third-order valence-electron chi connectivity index (χ3n) is 4.37. The maximum Gasteiger partial charge on any atom is -0.0136 e. The SMILES string of the molecule is C=CN.C=N.CCCCCCC.C\C=C/C=C\C(C)=C/CC1CCCCC1. The standard InChI is InChI=1S/C15H24.C7H16.C2H5N.CH3N/c1-3-4-6-9-14(2)12-13-15-10-7-5-8-11-15;1-3-5-7-6-4-2;1-2-3;1-2/h3-4,6,9,12,15H,5,7-8,10-11,13H2,1-2H3;3-7H2,1-2H3;2H,1,3H2;2H,1H2/b4-3-,9-6-,14-12-;;;. The Morgan fingerprint density at radius 1 is 1.00 bits per heavy atom. The molecule has 0 amide bonds. The smallest absolute Gasteiger partial charge is 0.0136 e. The molecule has 0 atom stereocenters. The molecule has 0 bridgehead atoms. The van der Waals surface area contributed by atoms with Gasteiger partial charge in [0.1, 0.15) is 0 Å². The van der Waals surface area contributed by atoms with Crippen LogP contribution in [0.4, 0.5) is 0 Å². The second kappa shape index (κ2) is 29.2. The van der Waals surface area contributed by atoms with Crippen LogP contribution in [0.15, 0.2) is 48.7 Å². The molecule has 0 aliphatic heterocycles. The Balaban J connectivity index is -0.000000402. The maximum absolute atomic E-state index is 5.50. The Labute approximate surface area is 171 Å². The van der Waals surface area contributed by atoms with E-state index in [2.05, 4.69) is 70.2 Å². The van der Waals surface area contributed by atoms with Crippen molar-refractivity contribution in [3.05, 3.63) is 48.7 Å². The van der Waals surface area contributed by atoms with Crippen LogP contribution in [0.5, 0.6) is 0 Å². The van der Waals surface area contributed by atoms with Crippen molar-refractivity contribution in [1.82, 2.24) is 0 Å². The molecule has 0 heterocycles. The van der Waals surface area contributed by atoms with Gasteiger partial charge in [0, 0.05) is 0 Å². The highest BCUT2D eigenvalue weighted by atomic mass is 14.5. The van der Waals surface area contributed by atoms with Crippen LogP contribution < -0.4 is 5.73 Å². The van der Waals surface area contributed by atoms with Gasteiger partial charge in [-0.2, -0.15) is 0 Å². The van der Waals surface area contributed by atoms with E-state index >= 15 is 0 Å². The van der Waals surface area contributed by atoms with E-state index in [1.54, 1.807) is 0 Å². The topological polar surface area (TPSA) is 49.9 Å². The van der Waals surface area contributed by atoms with Crippen LogP contribution in [0.25, 0.3) is 0 Å². The zero-order valence-corrected chi connectivity index (χ0v) is 18.8. The summed E-state index contributed by atoms with van der Waals surface area (Å²) in [4.78, 5) is 0. The number of nitrogens with two attached hydrogens (primary N) is 1. The van der Waals surface area contributed by atoms with E-state index in [0.29, 0.717) is 0 Å². The predicted octanol–water partition coefficient (Wildman–Crippen LogP) is 8.37. The molecule has 0 spiro atoms. The molecule has 0 aromatic heterocycles. The second-order valence-electron chi connectivity index (χ2n) is 6.87. The van der Waals surface area contributed by atoms with Gasteiger partial charge in [-0.3, -0.25) is 0 Å². The molecule has 1 fully saturated rings. The average molecular weight is 377 g/mol. The van der Waals surface area contributed by atoms with Gasteiger partial charge in [0.05, 0.1) is 0 Å². The lowest BCUT2D eigenvalue weighted by Gasteiger charge is -2.19. The number of nitrogens with one attached hydrogen (secondary N) is 1. The molecule has 1 rings (SSSR count). The highest BCUT2D eigenvalue weighted by Gasteiger charge is 2.11. The van der Waals surface area contributed by atoms with Crippen molar-refractivity contribution in [3.8, 4) is 0 Å². The van der Waals surface area contributed by atoms with E-state index in [0.717, 1.165) is 5.92 Å². The van der Waals surface area contributed by atoms with Gasteiger partial charge in [0.15, 0.2) is 0 Å². The molecule has 158 valence electrons. The maximum atomic E-state index is 5.50. The van der Waals surface area contributed by atoms with E-state index in [-0.39, 0.29) is 0 Å². The summed E-state index contributed by atoms with van der Waals surface area (Å²) in [6.07, 6.45) is 27.7. The van der Waals surface area contributed by atoms with Gasteiger partial charge in [-0.1, -0.05) is 121 Å². The molecule has 0 unspecified atom stereocenters. The van der Waals surface area contributed by atoms with E-state index in [1.165, 1.54) is 82.4 Å². The number of hydrogen-bond acceptors (Lipinski definition) is 2. The van der Waals surface area contributed by atoms with Crippen molar-refractivity contribution in [2.45, 2.75) is 98.3 Å². The third kappa shape index (κ3) is 29.4. The molecule has 0 aromatic rings. The summed E-state index contributed by atoms with van der Waals surface area (Å²) in [6, 6.07) is 0. The van der Waals surface area contributed by atoms with E-state index < -0.39 is 0 Å². The van der Waals surface area contributed by atoms with E-state index in [4.69, 9.17) is 5.41 Å². The van der Waals surface area contributed by atoms with Crippen LogP contribution in [0.2, 0.25) is 0 Å². The number of hydrogen-bond donors (Lipinski definition) is 2.